The highest BCUT2D eigenvalue weighted by Gasteiger charge is 2.21. The van der Waals surface area contributed by atoms with Gasteiger partial charge in [-0.1, -0.05) is 49.1 Å². The molecular weight excluding hydrogens is 326 g/mol. The van der Waals surface area contributed by atoms with E-state index in [1.807, 2.05) is 11.5 Å². The van der Waals surface area contributed by atoms with Gasteiger partial charge in [0.1, 0.15) is 0 Å². The minimum absolute atomic E-state index is 0.389. The van der Waals surface area contributed by atoms with Gasteiger partial charge in [0.15, 0.2) is 0 Å². The van der Waals surface area contributed by atoms with Gasteiger partial charge in [-0.05, 0) is 12.5 Å². The highest BCUT2D eigenvalue weighted by Crippen LogP contribution is 2.15. The van der Waals surface area contributed by atoms with E-state index in [4.69, 9.17) is 5.21 Å². The molecule has 2 N–H and O–H groups in total. The van der Waals surface area contributed by atoms with Crippen molar-refractivity contribution in [2.45, 2.75) is 13.0 Å². The van der Waals surface area contributed by atoms with Gasteiger partial charge in [0.25, 0.3) is 0 Å². The molecule has 1 saturated heterocycles. The van der Waals surface area contributed by atoms with Crippen molar-refractivity contribution in [3.05, 3.63) is 66.5 Å². The number of piperazine rings is 1. The lowest BCUT2D eigenvalue weighted by Crippen LogP contribution is -2.49. The van der Waals surface area contributed by atoms with Crippen LogP contribution in [0.15, 0.2) is 55.4 Å². The molecule has 1 atom stereocenters. The highest BCUT2D eigenvalue weighted by molar-refractivity contribution is 5.59. The highest BCUT2D eigenvalue weighted by atomic mass is 16.5. The van der Waals surface area contributed by atoms with Crippen molar-refractivity contribution in [1.82, 2.24) is 20.3 Å². The lowest BCUT2D eigenvalue weighted by molar-refractivity contribution is 0.225. The monoisotopic (exact) mass is 351 g/mol. The molecule has 1 aromatic carbocycles. The Morgan fingerprint density at radius 3 is 2.42 bits per heavy atom. The van der Waals surface area contributed by atoms with E-state index >= 15 is 0 Å². The fourth-order valence-electron chi connectivity index (χ4n) is 2.97. The third-order valence-electron chi connectivity index (χ3n) is 4.66. The van der Waals surface area contributed by atoms with Gasteiger partial charge in [-0.2, -0.15) is 0 Å². The molecule has 1 aliphatic heterocycles. The van der Waals surface area contributed by atoms with Crippen LogP contribution in [0.3, 0.4) is 0 Å². The Hall–Kier alpha value is -2.70. The minimum Gasteiger partial charge on any atom is -0.338 e. The number of benzene rings is 1. The van der Waals surface area contributed by atoms with E-state index in [1.54, 1.807) is 12.4 Å². The third kappa shape index (κ3) is 4.47. The first-order valence-electron chi connectivity index (χ1n) is 8.81. The van der Waals surface area contributed by atoms with E-state index in [0.29, 0.717) is 23.3 Å². The van der Waals surface area contributed by atoms with Gasteiger partial charge in [0, 0.05) is 50.2 Å². The third-order valence-corrected chi connectivity index (χ3v) is 4.66. The van der Waals surface area contributed by atoms with Crippen molar-refractivity contribution in [3.8, 4) is 0 Å². The molecule has 136 valence electrons. The average molecular weight is 351 g/mol. The van der Waals surface area contributed by atoms with Crippen molar-refractivity contribution in [2.24, 2.45) is 0 Å². The van der Waals surface area contributed by atoms with E-state index < -0.39 is 0 Å². The van der Waals surface area contributed by atoms with Gasteiger partial charge in [0.05, 0.1) is 5.70 Å². The maximum absolute atomic E-state index is 8.88. The first kappa shape index (κ1) is 18.1. The second kappa shape index (κ2) is 8.60. The first-order chi connectivity index (χ1) is 12.7. The van der Waals surface area contributed by atoms with Crippen molar-refractivity contribution in [1.29, 1.82) is 0 Å². The molecule has 0 aliphatic carbocycles. The Morgan fingerprint density at radius 1 is 1.15 bits per heavy atom. The van der Waals surface area contributed by atoms with Crippen molar-refractivity contribution in [2.75, 3.05) is 31.1 Å². The summed E-state index contributed by atoms with van der Waals surface area (Å²) in [4.78, 5) is 13.4. The van der Waals surface area contributed by atoms with Crippen LogP contribution in [0, 0.1) is 0 Å². The summed E-state index contributed by atoms with van der Waals surface area (Å²) in [5, 5.41) is 8.88. The molecule has 1 fully saturated rings. The zero-order chi connectivity index (χ0) is 18.4. The lowest BCUT2D eigenvalue weighted by atomic mass is 10.1. The largest absolute Gasteiger partial charge is 0.338 e. The Kier molecular flexibility index (Phi) is 5.99. The molecule has 1 unspecified atom stereocenters. The molecule has 3 rings (SSSR count). The van der Waals surface area contributed by atoms with Crippen LogP contribution >= 0.6 is 0 Å². The van der Waals surface area contributed by atoms with Gasteiger partial charge in [-0.25, -0.2) is 9.97 Å². The lowest BCUT2D eigenvalue weighted by Gasteiger charge is -2.37. The van der Waals surface area contributed by atoms with Crippen LogP contribution in [0.1, 0.15) is 18.1 Å². The molecule has 2 aromatic rings. The molecule has 1 aromatic heterocycles. The molecule has 0 saturated carbocycles. The van der Waals surface area contributed by atoms with E-state index in [-0.39, 0.29) is 0 Å². The SMILES string of the molecule is C=C(NO)c1cnc(N2CCN(C(C)/C=C/c3ccccc3)CC2)nc1. The summed E-state index contributed by atoms with van der Waals surface area (Å²) in [5.41, 5.74) is 4.31. The number of nitrogens with zero attached hydrogens (tertiary/aromatic N) is 4. The summed E-state index contributed by atoms with van der Waals surface area (Å²) in [6.45, 7) is 9.64. The second-order valence-corrected chi connectivity index (χ2v) is 6.40. The Labute approximate surface area is 154 Å². The predicted molar refractivity (Wildman–Crippen MR) is 105 cm³/mol. The average Bonchev–Trinajstić information content (AvgIpc) is 2.72. The Balaban J connectivity index is 1.53. The topological polar surface area (TPSA) is 64.5 Å². The number of hydrogen-bond acceptors (Lipinski definition) is 6. The normalized spacial score (nSPS) is 16.6. The number of hydroxylamine groups is 1. The number of rotatable bonds is 6. The second-order valence-electron chi connectivity index (χ2n) is 6.40. The predicted octanol–water partition coefficient (Wildman–Crippen LogP) is 2.65. The fraction of sp³-hybridized carbons (Fsp3) is 0.300. The van der Waals surface area contributed by atoms with Crippen LogP contribution in [-0.4, -0.2) is 52.3 Å². The zero-order valence-corrected chi connectivity index (χ0v) is 15.0. The van der Waals surface area contributed by atoms with Crippen LogP contribution in [0.4, 0.5) is 5.95 Å². The van der Waals surface area contributed by atoms with Crippen LogP contribution in [-0.2, 0) is 0 Å². The summed E-state index contributed by atoms with van der Waals surface area (Å²) in [6, 6.07) is 10.8. The number of aromatic nitrogens is 2. The summed E-state index contributed by atoms with van der Waals surface area (Å²) >= 11 is 0. The van der Waals surface area contributed by atoms with E-state index in [2.05, 4.69) is 69.7 Å². The number of hydrogen-bond donors (Lipinski definition) is 2. The summed E-state index contributed by atoms with van der Waals surface area (Å²) in [5.74, 6) is 0.714. The molecule has 0 bridgehead atoms. The molecular formula is C20H25N5O. The van der Waals surface area contributed by atoms with Crippen LogP contribution in [0.2, 0.25) is 0 Å². The maximum atomic E-state index is 8.88. The zero-order valence-electron chi connectivity index (χ0n) is 15.0. The van der Waals surface area contributed by atoms with Crippen LogP contribution in [0.5, 0.6) is 0 Å². The van der Waals surface area contributed by atoms with Crippen molar-refractivity contribution >= 4 is 17.7 Å². The van der Waals surface area contributed by atoms with E-state index in [1.165, 1.54) is 5.56 Å². The molecule has 26 heavy (non-hydrogen) atoms. The first-order valence-corrected chi connectivity index (χ1v) is 8.81. The Bertz CT molecular complexity index is 737. The van der Waals surface area contributed by atoms with Gasteiger partial charge < -0.3 is 4.90 Å². The van der Waals surface area contributed by atoms with Crippen molar-refractivity contribution in [3.63, 3.8) is 0 Å². The smallest absolute Gasteiger partial charge is 0.225 e. The van der Waals surface area contributed by atoms with E-state index in [9.17, 15) is 0 Å². The Morgan fingerprint density at radius 2 is 1.81 bits per heavy atom. The van der Waals surface area contributed by atoms with Crippen molar-refractivity contribution < 1.29 is 5.21 Å². The number of anilines is 1. The van der Waals surface area contributed by atoms with Gasteiger partial charge in [-0.15, -0.1) is 0 Å². The molecule has 0 spiro atoms. The number of nitrogens with one attached hydrogen (secondary N) is 1. The van der Waals surface area contributed by atoms with Crippen LogP contribution in [0.25, 0.3) is 11.8 Å². The van der Waals surface area contributed by atoms with Gasteiger partial charge in [0.2, 0.25) is 5.95 Å². The van der Waals surface area contributed by atoms with E-state index in [0.717, 1.165) is 26.2 Å². The minimum atomic E-state index is 0.389. The van der Waals surface area contributed by atoms with Gasteiger partial charge in [-0.3, -0.25) is 15.6 Å². The fourth-order valence-corrected chi connectivity index (χ4v) is 2.97. The molecule has 2 heterocycles. The molecule has 0 amide bonds. The summed E-state index contributed by atoms with van der Waals surface area (Å²) in [6.07, 6.45) is 7.78. The molecule has 6 heteroatoms. The summed E-state index contributed by atoms with van der Waals surface area (Å²) in [7, 11) is 0. The maximum Gasteiger partial charge on any atom is 0.225 e. The molecule has 1 aliphatic rings. The molecule has 6 nitrogen and oxygen atoms in total. The van der Waals surface area contributed by atoms with Gasteiger partial charge >= 0.3 is 0 Å². The quantitative estimate of drug-likeness (QED) is 0.780. The standard InChI is InChI=1S/C20H25N5O/c1-16(8-9-18-6-4-3-5-7-18)24-10-12-25(13-11-24)20-21-14-19(15-22-20)17(2)23-26/h3-9,14-16,23,26H,2,10-13H2,1H3/b9-8+. The van der Waals surface area contributed by atoms with Crippen LogP contribution < -0.4 is 10.4 Å². The molecule has 0 radical (unpaired) electrons. The summed E-state index contributed by atoms with van der Waals surface area (Å²) < 4.78 is 0.